The minimum Gasteiger partial charge on any atom is -0.489 e. The number of carbonyl (C=O) groups is 1. The van der Waals surface area contributed by atoms with E-state index in [0.29, 0.717) is 19.4 Å². The van der Waals surface area contributed by atoms with Crippen molar-refractivity contribution in [2.45, 2.75) is 17.7 Å². The van der Waals surface area contributed by atoms with Crippen LogP contribution in [0.25, 0.3) is 0 Å². The molecule has 1 aliphatic heterocycles. The lowest BCUT2D eigenvalue weighted by atomic mass is 9.97. The molecule has 0 unspecified atom stereocenters. The summed E-state index contributed by atoms with van der Waals surface area (Å²) < 4.78 is 58.7. The smallest absolute Gasteiger partial charge is 0.243 e. The highest BCUT2D eigenvalue weighted by Gasteiger charge is 2.33. The lowest BCUT2D eigenvalue weighted by molar-refractivity contribution is -0.135. The largest absolute Gasteiger partial charge is 0.489 e. The first-order valence-electron chi connectivity index (χ1n) is 9.67. The number of amides is 1. The average molecular weight is 438 g/mol. The molecule has 1 amide bonds. The summed E-state index contributed by atoms with van der Waals surface area (Å²) in [7, 11) is -2.06. The summed E-state index contributed by atoms with van der Waals surface area (Å²) in [4.78, 5) is 14.2. The van der Waals surface area contributed by atoms with Crippen LogP contribution in [0.3, 0.4) is 0 Å². The molecule has 2 aromatic rings. The molecule has 30 heavy (non-hydrogen) atoms. The predicted octanol–water partition coefficient (Wildman–Crippen LogP) is 2.90. The van der Waals surface area contributed by atoms with Gasteiger partial charge >= 0.3 is 0 Å². The van der Waals surface area contributed by atoms with Gasteiger partial charge < -0.3 is 9.64 Å². The maximum Gasteiger partial charge on any atom is 0.243 e. The molecule has 1 saturated heterocycles. The Morgan fingerprint density at radius 1 is 1.10 bits per heavy atom. The van der Waals surface area contributed by atoms with Gasteiger partial charge in [-0.1, -0.05) is 12.1 Å². The third kappa shape index (κ3) is 5.14. The maximum absolute atomic E-state index is 13.6. The van der Waals surface area contributed by atoms with Gasteiger partial charge in [0.05, 0.1) is 11.4 Å². The third-order valence-corrected chi connectivity index (χ3v) is 7.06. The molecule has 0 N–H and O–H groups in total. The first-order chi connectivity index (χ1) is 14.3. The van der Waals surface area contributed by atoms with E-state index in [2.05, 4.69) is 0 Å². The number of likely N-dealkylation sites (N-methyl/N-ethyl adjacent to an activating group) is 1. The van der Waals surface area contributed by atoms with Crippen LogP contribution in [0.1, 0.15) is 12.8 Å². The van der Waals surface area contributed by atoms with Crippen molar-refractivity contribution in [1.82, 2.24) is 9.21 Å². The van der Waals surface area contributed by atoms with Crippen molar-refractivity contribution in [3.8, 4) is 5.75 Å². The van der Waals surface area contributed by atoms with Gasteiger partial charge in [0.1, 0.15) is 12.4 Å². The number of nitrogens with zero attached hydrogens (tertiary/aromatic N) is 2. The molecule has 0 saturated carbocycles. The van der Waals surface area contributed by atoms with E-state index in [-0.39, 0.29) is 42.2 Å². The van der Waals surface area contributed by atoms with Gasteiger partial charge in [0, 0.05) is 26.1 Å². The van der Waals surface area contributed by atoms with Crippen molar-refractivity contribution >= 4 is 15.9 Å². The fourth-order valence-corrected chi connectivity index (χ4v) is 4.84. The Bertz CT molecular complexity index is 975. The molecular formula is C21H24F2N2O4S. The van der Waals surface area contributed by atoms with Gasteiger partial charge in [-0.25, -0.2) is 17.2 Å². The molecule has 0 radical (unpaired) electrons. The highest BCUT2D eigenvalue weighted by atomic mass is 32.2. The zero-order valence-corrected chi connectivity index (χ0v) is 17.4. The van der Waals surface area contributed by atoms with Crippen LogP contribution in [-0.2, 0) is 14.8 Å². The topological polar surface area (TPSA) is 66.9 Å². The van der Waals surface area contributed by atoms with Gasteiger partial charge in [-0.15, -0.1) is 0 Å². The van der Waals surface area contributed by atoms with E-state index >= 15 is 0 Å². The maximum atomic E-state index is 13.6. The molecular weight excluding hydrogens is 414 g/mol. The molecule has 9 heteroatoms. The minimum atomic E-state index is -3.71. The van der Waals surface area contributed by atoms with Crippen LogP contribution < -0.4 is 4.74 Å². The monoisotopic (exact) mass is 438 g/mol. The third-order valence-electron chi connectivity index (χ3n) is 5.15. The normalized spacial score (nSPS) is 15.7. The molecule has 0 bridgehead atoms. The number of ether oxygens (including phenoxy) is 1. The Morgan fingerprint density at radius 3 is 2.37 bits per heavy atom. The van der Waals surface area contributed by atoms with E-state index in [1.807, 2.05) is 0 Å². The lowest BCUT2D eigenvalue weighted by Crippen LogP contribution is -2.44. The van der Waals surface area contributed by atoms with E-state index in [1.54, 1.807) is 19.2 Å². The Balaban J connectivity index is 1.49. The number of benzene rings is 2. The molecule has 0 spiro atoms. The highest BCUT2D eigenvalue weighted by molar-refractivity contribution is 7.89. The molecule has 2 aromatic carbocycles. The van der Waals surface area contributed by atoms with Crippen LogP contribution in [-0.4, -0.2) is 56.8 Å². The van der Waals surface area contributed by atoms with Gasteiger partial charge in [0.15, 0.2) is 11.6 Å². The summed E-state index contributed by atoms with van der Waals surface area (Å²) in [6.07, 6.45) is 0.801. The van der Waals surface area contributed by atoms with Gasteiger partial charge in [-0.05, 0) is 49.2 Å². The van der Waals surface area contributed by atoms with Crippen molar-refractivity contribution in [2.75, 3.05) is 33.3 Å². The molecule has 1 heterocycles. The fourth-order valence-electron chi connectivity index (χ4n) is 3.37. The molecule has 0 aliphatic carbocycles. The number of piperidine rings is 1. The van der Waals surface area contributed by atoms with Gasteiger partial charge in [-0.2, -0.15) is 4.31 Å². The Labute approximate surface area is 175 Å². The van der Waals surface area contributed by atoms with Crippen LogP contribution in [0.2, 0.25) is 0 Å². The zero-order chi connectivity index (χ0) is 21.7. The summed E-state index contributed by atoms with van der Waals surface area (Å²) in [6.45, 7) is 0.883. The number of hydrogen-bond acceptors (Lipinski definition) is 4. The Morgan fingerprint density at radius 2 is 1.73 bits per heavy atom. The van der Waals surface area contributed by atoms with Crippen LogP contribution in [0, 0.1) is 17.6 Å². The number of carbonyl (C=O) groups excluding carboxylic acids is 1. The van der Waals surface area contributed by atoms with Crippen LogP contribution in [0.5, 0.6) is 5.75 Å². The minimum absolute atomic E-state index is 0.0380. The predicted molar refractivity (Wildman–Crippen MR) is 107 cm³/mol. The molecule has 162 valence electrons. The summed E-state index contributed by atoms with van der Waals surface area (Å²) in [5.74, 6) is -1.20. The van der Waals surface area contributed by atoms with Gasteiger partial charge in [0.2, 0.25) is 15.9 Å². The van der Waals surface area contributed by atoms with E-state index in [9.17, 15) is 22.0 Å². The van der Waals surface area contributed by atoms with Crippen molar-refractivity contribution in [1.29, 1.82) is 0 Å². The van der Waals surface area contributed by atoms with E-state index in [1.165, 1.54) is 33.5 Å². The summed E-state index contributed by atoms with van der Waals surface area (Å²) in [5.41, 5.74) is 0. The number of hydrogen-bond donors (Lipinski definition) is 0. The number of halogens is 2. The Kier molecular flexibility index (Phi) is 7.04. The quantitative estimate of drug-likeness (QED) is 0.667. The van der Waals surface area contributed by atoms with Crippen molar-refractivity contribution in [3.63, 3.8) is 0 Å². The zero-order valence-electron chi connectivity index (χ0n) is 16.6. The molecule has 1 aliphatic rings. The van der Waals surface area contributed by atoms with Crippen LogP contribution in [0.4, 0.5) is 8.78 Å². The number of para-hydroxylation sites is 1. The first kappa shape index (κ1) is 22.2. The molecule has 0 aromatic heterocycles. The van der Waals surface area contributed by atoms with E-state index in [4.69, 9.17) is 4.74 Å². The Hall–Kier alpha value is -2.52. The molecule has 3 rings (SSSR count). The highest BCUT2D eigenvalue weighted by Crippen LogP contribution is 2.25. The summed E-state index contributed by atoms with van der Waals surface area (Å²) in [5, 5.41) is 0. The van der Waals surface area contributed by atoms with Gasteiger partial charge in [0.25, 0.3) is 0 Å². The first-order valence-corrected chi connectivity index (χ1v) is 11.1. The van der Waals surface area contributed by atoms with Crippen LogP contribution >= 0.6 is 0 Å². The van der Waals surface area contributed by atoms with Crippen LogP contribution in [0.15, 0.2) is 53.4 Å². The second-order valence-corrected chi connectivity index (χ2v) is 9.11. The van der Waals surface area contributed by atoms with Crippen molar-refractivity contribution in [2.24, 2.45) is 5.92 Å². The number of sulfonamides is 1. The second-order valence-electron chi connectivity index (χ2n) is 7.17. The van der Waals surface area contributed by atoms with E-state index in [0.717, 1.165) is 12.1 Å². The molecule has 1 fully saturated rings. The van der Waals surface area contributed by atoms with E-state index < -0.39 is 21.7 Å². The summed E-state index contributed by atoms with van der Waals surface area (Å²) >= 11 is 0. The fraction of sp³-hybridized carbons (Fsp3) is 0.381. The van der Waals surface area contributed by atoms with Crippen molar-refractivity contribution in [3.05, 3.63) is 60.2 Å². The van der Waals surface area contributed by atoms with Gasteiger partial charge in [-0.3, -0.25) is 4.79 Å². The standard InChI is InChI=1S/C21H24F2N2O4S/c1-24(14-15-29-20-5-3-2-4-19(20)23)21(26)16-10-12-25(13-11-16)30(27,28)18-8-6-17(22)7-9-18/h2-9,16H,10-15H2,1H3. The second kappa shape index (κ2) is 9.53. The molecule has 6 nitrogen and oxygen atoms in total. The number of rotatable bonds is 7. The SMILES string of the molecule is CN(CCOc1ccccc1F)C(=O)C1CCN(S(=O)(=O)c2ccc(F)cc2)CC1. The lowest BCUT2D eigenvalue weighted by Gasteiger charge is -2.32. The summed E-state index contributed by atoms with van der Waals surface area (Å²) in [6, 6.07) is 10.8. The van der Waals surface area contributed by atoms with Crippen molar-refractivity contribution < 1.29 is 26.7 Å². The molecule has 0 atom stereocenters. The average Bonchev–Trinajstić information content (AvgIpc) is 2.75.